The molecule has 0 radical (unpaired) electrons. The highest BCUT2D eigenvalue weighted by atomic mass is 35.5. The van der Waals surface area contributed by atoms with E-state index >= 15 is 0 Å². The Bertz CT molecular complexity index is 1130. The Morgan fingerprint density at radius 2 is 1.64 bits per heavy atom. The van der Waals surface area contributed by atoms with Crippen LogP contribution in [0.2, 0.25) is 10.0 Å². The van der Waals surface area contributed by atoms with E-state index in [4.69, 9.17) is 33.7 Å². The lowest BCUT2D eigenvalue weighted by atomic mass is 9.98. The zero-order chi connectivity index (χ0) is 23.5. The quantitative estimate of drug-likeness (QED) is 0.355. The van der Waals surface area contributed by atoms with Crippen LogP contribution in [0.15, 0.2) is 60.7 Å². The highest BCUT2D eigenvalue weighted by Crippen LogP contribution is 2.44. The minimum Gasteiger partial charge on any atom is -0.449 e. The topological polar surface area (TPSA) is 105 Å². The van der Waals surface area contributed by atoms with Crippen molar-refractivity contribution >= 4 is 35.0 Å². The van der Waals surface area contributed by atoms with Crippen molar-refractivity contribution in [1.29, 1.82) is 0 Å². The molecule has 0 bridgehead atoms. The van der Waals surface area contributed by atoms with Crippen LogP contribution < -0.4 is 11.1 Å². The number of alkyl carbamates (subject to hydrolysis) is 1. The zero-order valence-corrected chi connectivity index (χ0v) is 19.2. The van der Waals surface area contributed by atoms with Gasteiger partial charge in [-0.3, -0.25) is 0 Å². The van der Waals surface area contributed by atoms with Crippen LogP contribution in [0.4, 0.5) is 10.5 Å². The fourth-order valence-electron chi connectivity index (χ4n) is 4.19. The fourth-order valence-corrected chi connectivity index (χ4v) is 4.70. The average Bonchev–Trinajstić information content (AvgIpc) is 3.13. The highest BCUT2D eigenvalue weighted by molar-refractivity contribution is 6.36. The second-order valence-corrected chi connectivity index (χ2v) is 8.79. The van der Waals surface area contributed by atoms with Gasteiger partial charge in [-0.2, -0.15) is 0 Å². The van der Waals surface area contributed by atoms with E-state index in [9.17, 15) is 15.0 Å². The summed E-state index contributed by atoms with van der Waals surface area (Å²) in [5.41, 5.74) is 10.8. The summed E-state index contributed by atoms with van der Waals surface area (Å²) in [6, 6.07) is 19.1. The van der Waals surface area contributed by atoms with Crippen molar-refractivity contribution in [3.05, 3.63) is 87.4 Å². The number of aliphatic hydroxyl groups excluding tert-OH is 2. The monoisotopic (exact) mass is 486 g/mol. The third kappa shape index (κ3) is 4.94. The number of hydrogen-bond acceptors (Lipinski definition) is 5. The predicted molar refractivity (Wildman–Crippen MR) is 130 cm³/mol. The standard InChI is InChI=1S/C25H24Cl2N2O4/c26-14-11-19(23(28)21(27)12-14)24(31)22(30)9-10-29-25(32)33-13-20-17-7-3-1-5-15(17)16-6-2-4-8-18(16)20/h1-8,11-12,20,22,24,30-31H,9-10,13,28H2,(H,29,32). The van der Waals surface area contributed by atoms with E-state index in [1.165, 1.54) is 12.1 Å². The van der Waals surface area contributed by atoms with E-state index in [1.54, 1.807) is 0 Å². The van der Waals surface area contributed by atoms with Crippen molar-refractivity contribution in [3.8, 4) is 11.1 Å². The minimum atomic E-state index is -1.30. The lowest BCUT2D eigenvalue weighted by molar-refractivity contribution is 0.0141. The Morgan fingerprint density at radius 1 is 1.03 bits per heavy atom. The first-order valence-corrected chi connectivity index (χ1v) is 11.3. The molecule has 0 fully saturated rings. The Balaban J connectivity index is 1.30. The molecule has 1 aliphatic carbocycles. The highest BCUT2D eigenvalue weighted by Gasteiger charge is 2.29. The number of anilines is 1. The van der Waals surface area contributed by atoms with Gasteiger partial charge in [0.15, 0.2) is 0 Å². The van der Waals surface area contributed by atoms with E-state index in [2.05, 4.69) is 17.4 Å². The summed E-state index contributed by atoms with van der Waals surface area (Å²) in [5.74, 6) is -0.0360. The second-order valence-electron chi connectivity index (χ2n) is 7.94. The molecule has 0 heterocycles. The van der Waals surface area contributed by atoms with E-state index in [0.717, 1.165) is 22.3 Å². The molecule has 1 amide bonds. The molecular formula is C25H24Cl2N2O4. The Kier molecular flexibility index (Phi) is 7.10. The molecule has 0 aromatic heterocycles. The van der Waals surface area contributed by atoms with Crippen LogP contribution in [-0.4, -0.2) is 35.6 Å². The van der Waals surface area contributed by atoms with Crippen molar-refractivity contribution in [1.82, 2.24) is 5.32 Å². The number of rotatable bonds is 7. The van der Waals surface area contributed by atoms with Crippen LogP contribution in [-0.2, 0) is 4.74 Å². The molecule has 1 aliphatic rings. The third-order valence-corrected chi connectivity index (χ3v) is 6.39. The molecule has 172 valence electrons. The molecule has 0 saturated heterocycles. The number of amides is 1. The van der Waals surface area contributed by atoms with E-state index in [1.807, 2.05) is 36.4 Å². The van der Waals surface area contributed by atoms with Gasteiger partial charge in [0, 0.05) is 23.0 Å². The van der Waals surface area contributed by atoms with Gasteiger partial charge in [0.2, 0.25) is 0 Å². The molecule has 4 rings (SSSR count). The predicted octanol–water partition coefficient (Wildman–Crippen LogP) is 4.90. The third-order valence-electron chi connectivity index (χ3n) is 5.86. The number of nitrogens with two attached hydrogens (primary N) is 1. The number of halogens is 2. The number of nitrogen functional groups attached to an aromatic ring is 1. The van der Waals surface area contributed by atoms with Crippen molar-refractivity contribution in [2.24, 2.45) is 0 Å². The lowest BCUT2D eigenvalue weighted by Crippen LogP contribution is -2.30. The summed E-state index contributed by atoms with van der Waals surface area (Å²) >= 11 is 12.0. The molecule has 0 spiro atoms. The molecule has 0 aliphatic heterocycles. The molecular weight excluding hydrogens is 463 g/mol. The Hall–Kier alpha value is -2.77. The lowest BCUT2D eigenvalue weighted by Gasteiger charge is -2.21. The minimum absolute atomic E-state index is 0.0360. The maximum Gasteiger partial charge on any atom is 0.407 e. The number of benzene rings is 3. The first kappa shape index (κ1) is 23.4. The van der Waals surface area contributed by atoms with Gasteiger partial charge in [-0.25, -0.2) is 4.79 Å². The number of carbonyl (C=O) groups excluding carboxylic acids is 1. The zero-order valence-electron chi connectivity index (χ0n) is 17.7. The Labute approximate surface area is 201 Å². The molecule has 5 N–H and O–H groups in total. The van der Waals surface area contributed by atoms with Crippen LogP contribution >= 0.6 is 23.2 Å². The Morgan fingerprint density at radius 3 is 2.27 bits per heavy atom. The normalized spacial score (nSPS) is 14.3. The summed E-state index contributed by atoms with van der Waals surface area (Å²) in [6.45, 7) is 0.297. The molecule has 8 heteroatoms. The smallest absolute Gasteiger partial charge is 0.407 e. The number of ether oxygens (including phenoxy) is 1. The van der Waals surface area contributed by atoms with Gasteiger partial charge in [0.25, 0.3) is 0 Å². The number of aliphatic hydroxyl groups is 2. The molecule has 6 nitrogen and oxygen atoms in total. The van der Waals surface area contributed by atoms with Crippen LogP contribution in [0.1, 0.15) is 35.1 Å². The maximum absolute atomic E-state index is 12.3. The molecule has 3 aromatic carbocycles. The van der Waals surface area contributed by atoms with E-state index in [0.29, 0.717) is 5.02 Å². The number of hydrogen-bond donors (Lipinski definition) is 4. The van der Waals surface area contributed by atoms with E-state index < -0.39 is 18.3 Å². The van der Waals surface area contributed by atoms with Gasteiger partial charge in [0.05, 0.1) is 16.8 Å². The van der Waals surface area contributed by atoms with Crippen LogP contribution in [0.3, 0.4) is 0 Å². The number of fused-ring (bicyclic) bond motifs is 3. The molecule has 33 heavy (non-hydrogen) atoms. The van der Waals surface area contributed by atoms with Crippen molar-refractivity contribution in [3.63, 3.8) is 0 Å². The van der Waals surface area contributed by atoms with Gasteiger partial charge in [-0.05, 0) is 40.8 Å². The second kappa shape index (κ2) is 10.0. The van der Waals surface area contributed by atoms with Gasteiger partial charge >= 0.3 is 6.09 Å². The largest absolute Gasteiger partial charge is 0.449 e. The van der Waals surface area contributed by atoms with Crippen LogP contribution in [0.5, 0.6) is 0 Å². The molecule has 2 atom stereocenters. The van der Waals surface area contributed by atoms with Gasteiger partial charge in [-0.1, -0.05) is 71.7 Å². The summed E-state index contributed by atoms with van der Waals surface area (Å²) in [5, 5.41) is 23.9. The van der Waals surface area contributed by atoms with E-state index in [-0.39, 0.29) is 41.8 Å². The summed E-state index contributed by atoms with van der Waals surface area (Å²) in [4.78, 5) is 12.3. The van der Waals surface area contributed by atoms with Crippen molar-refractivity contribution in [2.45, 2.75) is 24.5 Å². The van der Waals surface area contributed by atoms with Gasteiger partial charge in [0.1, 0.15) is 12.7 Å². The number of nitrogens with one attached hydrogen (secondary N) is 1. The van der Waals surface area contributed by atoms with Crippen molar-refractivity contribution < 1.29 is 19.7 Å². The first-order valence-electron chi connectivity index (χ1n) is 10.6. The molecule has 2 unspecified atom stereocenters. The summed E-state index contributed by atoms with van der Waals surface area (Å²) in [6.07, 6.45) is -3.00. The SMILES string of the molecule is Nc1c(Cl)cc(Cl)cc1C(O)C(O)CCNC(=O)OCC1c2ccccc2-c2ccccc21. The average molecular weight is 487 g/mol. The van der Waals surface area contributed by atoms with Crippen molar-refractivity contribution in [2.75, 3.05) is 18.9 Å². The summed E-state index contributed by atoms with van der Waals surface area (Å²) < 4.78 is 5.47. The fraction of sp³-hybridized carbons (Fsp3) is 0.240. The first-order chi connectivity index (χ1) is 15.9. The van der Waals surface area contributed by atoms with Crippen LogP contribution in [0.25, 0.3) is 11.1 Å². The van der Waals surface area contributed by atoms with Gasteiger partial charge in [-0.15, -0.1) is 0 Å². The van der Waals surface area contributed by atoms with Gasteiger partial charge < -0.3 is 26.0 Å². The number of carbonyl (C=O) groups is 1. The summed E-state index contributed by atoms with van der Waals surface area (Å²) in [7, 11) is 0. The van der Waals surface area contributed by atoms with Crippen LogP contribution in [0, 0.1) is 0 Å². The molecule has 3 aromatic rings. The molecule has 0 saturated carbocycles. The maximum atomic E-state index is 12.3.